The zero-order valence-electron chi connectivity index (χ0n) is 12.9. The monoisotopic (exact) mass is 408 g/mol. The van der Waals surface area contributed by atoms with Crippen molar-refractivity contribution in [2.45, 2.75) is 24.0 Å². The number of hydrogen-bond acceptors (Lipinski definition) is 4. The van der Waals surface area contributed by atoms with Crippen molar-refractivity contribution in [3.8, 4) is 5.69 Å². The Hall–Kier alpha value is -1.80. The lowest BCUT2D eigenvalue weighted by atomic mass is 10.3. The van der Waals surface area contributed by atoms with Crippen LogP contribution in [0, 0.1) is 0 Å². The molecule has 1 aromatic heterocycles. The number of hydrogen-bond donors (Lipinski definition) is 2. The number of carbonyl (C=O) groups is 2. The van der Waals surface area contributed by atoms with Crippen molar-refractivity contribution in [1.29, 1.82) is 0 Å². The Labute approximate surface area is 152 Å². The molecule has 0 radical (unpaired) electrons. The van der Waals surface area contributed by atoms with Gasteiger partial charge in [0.2, 0.25) is 11.8 Å². The van der Waals surface area contributed by atoms with Crippen LogP contribution in [0.15, 0.2) is 46.3 Å². The maximum Gasteiger partial charge on any atom is 0.239 e. The number of halogens is 1. The lowest BCUT2D eigenvalue weighted by Crippen LogP contribution is -2.38. The van der Waals surface area contributed by atoms with E-state index in [0.29, 0.717) is 6.04 Å². The van der Waals surface area contributed by atoms with Crippen LogP contribution in [0.2, 0.25) is 0 Å². The fourth-order valence-corrected chi connectivity index (χ4v) is 3.13. The van der Waals surface area contributed by atoms with Gasteiger partial charge in [0.15, 0.2) is 5.16 Å². The molecule has 1 aliphatic carbocycles. The third-order valence-corrected chi connectivity index (χ3v) is 4.93. The third-order valence-electron chi connectivity index (χ3n) is 3.43. The van der Waals surface area contributed by atoms with Gasteiger partial charge < -0.3 is 10.6 Å². The second-order valence-corrected chi connectivity index (χ2v) is 7.32. The largest absolute Gasteiger partial charge is 0.352 e. The Morgan fingerprint density at radius 1 is 1.25 bits per heavy atom. The number of amides is 2. The molecule has 2 amide bonds. The minimum Gasteiger partial charge on any atom is -0.352 e. The molecule has 1 fully saturated rings. The molecule has 126 valence electrons. The van der Waals surface area contributed by atoms with Crippen molar-refractivity contribution in [2.75, 3.05) is 12.3 Å². The molecule has 0 spiro atoms. The summed E-state index contributed by atoms with van der Waals surface area (Å²) >= 11 is 4.74. The summed E-state index contributed by atoms with van der Waals surface area (Å²) in [4.78, 5) is 27.7. The van der Waals surface area contributed by atoms with Crippen LogP contribution >= 0.6 is 27.7 Å². The molecule has 6 nitrogen and oxygen atoms in total. The number of thioether (sulfide) groups is 1. The predicted molar refractivity (Wildman–Crippen MR) is 96.2 cm³/mol. The van der Waals surface area contributed by atoms with E-state index in [-0.39, 0.29) is 24.1 Å². The molecule has 1 heterocycles. The van der Waals surface area contributed by atoms with E-state index in [1.807, 2.05) is 35.0 Å². The van der Waals surface area contributed by atoms with Gasteiger partial charge in [0.05, 0.1) is 12.3 Å². The van der Waals surface area contributed by atoms with E-state index in [1.54, 1.807) is 6.20 Å². The Morgan fingerprint density at radius 3 is 2.71 bits per heavy atom. The quantitative estimate of drug-likeness (QED) is 0.687. The van der Waals surface area contributed by atoms with Crippen LogP contribution in [0.5, 0.6) is 0 Å². The maximum atomic E-state index is 11.9. The normalized spacial score (nSPS) is 13.5. The molecule has 0 unspecified atom stereocenters. The van der Waals surface area contributed by atoms with Crippen LogP contribution in [-0.4, -0.2) is 39.7 Å². The van der Waals surface area contributed by atoms with Crippen LogP contribution in [0.25, 0.3) is 5.69 Å². The minimum absolute atomic E-state index is 0.0248. The molecule has 0 bridgehead atoms. The molecule has 0 aliphatic heterocycles. The average molecular weight is 409 g/mol. The molecule has 2 aromatic rings. The molecule has 2 N–H and O–H groups in total. The Morgan fingerprint density at radius 2 is 2.00 bits per heavy atom. The van der Waals surface area contributed by atoms with E-state index in [0.717, 1.165) is 28.2 Å². The summed E-state index contributed by atoms with van der Waals surface area (Å²) in [5.41, 5.74) is 0.974. The molecular weight excluding hydrogens is 392 g/mol. The van der Waals surface area contributed by atoms with Crippen LogP contribution in [0.3, 0.4) is 0 Å². The average Bonchev–Trinajstić information content (AvgIpc) is 3.26. The van der Waals surface area contributed by atoms with Crippen molar-refractivity contribution in [3.63, 3.8) is 0 Å². The lowest BCUT2D eigenvalue weighted by Gasteiger charge is -2.08. The summed E-state index contributed by atoms with van der Waals surface area (Å²) in [6.07, 6.45) is 5.63. The molecule has 24 heavy (non-hydrogen) atoms. The maximum absolute atomic E-state index is 11.9. The molecule has 3 rings (SSSR count). The highest BCUT2D eigenvalue weighted by Gasteiger charge is 2.23. The zero-order valence-corrected chi connectivity index (χ0v) is 15.3. The highest BCUT2D eigenvalue weighted by molar-refractivity contribution is 9.10. The number of rotatable bonds is 7. The van der Waals surface area contributed by atoms with E-state index >= 15 is 0 Å². The molecule has 8 heteroatoms. The number of imidazole rings is 1. The summed E-state index contributed by atoms with van der Waals surface area (Å²) in [6.45, 7) is 0.0248. The fraction of sp³-hybridized carbons (Fsp3) is 0.312. The van der Waals surface area contributed by atoms with Gasteiger partial charge in [0.25, 0.3) is 0 Å². The van der Waals surface area contributed by atoms with Crippen molar-refractivity contribution >= 4 is 39.5 Å². The van der Waals surface area contributed by atoms with Gasteiger partial charge in [-0.15, -0.1) is 0 Å². The Kier molecular flexibility index (Phi) is 5.57. The lowest BCUT2D eigenvalue weighted by molar-refractivity contribution is -0.124. The Balaban J connectivity index is 1.49. The SMILES string of the molecule is O=C(CSc1nccn1-c1ccc(Br)cc1)NCC(=O)NC1CC1. The summed E-state index contributed by atoms with van der Waals surface area (Å²) in [5.74, 6) is -0.104. The smallest absolute Gasteiger partial charge is 0.239 e. The first-order valence-corrected chi connectivity index (χ1v) is 9.38. The zero-order chi connectivity index (χ0) is 16.9. The van der Waals surface area contributed by atoms with Crippen molar-refractivity contribution in [1.82, 2.24) is 20.2 Å². The summed E-state index contributed by atoms with van der Waals surface area (Å²) < 4.78 is 2.92. The number of nitrogens with zero attached hydrogens (tertiary/aromatic N) is 2. The highest BCUT2D eigenvalue weighted by atomic mass is 79.9. The predicted octanol–water partition coefficient (Wildman–Crippen LogP) is 2.12. The minimum atomic E-state index is -0.184. The van der Waals surface area contributed by atoms with Gasteiger partial charge >= 0.3 is 0 Å². The molecular formula is C16H17BrN4O2S. The number of benzene rings is 1. The summed E-state index contributed by atoms with van der Waals surface area (Å²) in [7, 11) is 0. The summed E-state index contributed by atoms with van der Waals surface area (Å²) in [6, 6.07) is 8.15. The van der Waals surface area contributed by atoms with E-state index in [1.165, 1.54) is 11.8 Å². The van der Waals surface area contributed by atoms with Crippen LogP contribution in [-0.2, 0) is 9.59 Å². The first kappa shape index (κ1) is 17.0. The molecule has 0 saturated heterocycles. The van der Waals surface area contributed by atoms with Crippen LogP contribution < -0.4 is 10.6 Å². The van der Waals surface area contributed by atoms with Crippen LogP contribution in [0.1, 0.15) is 12.8 Å². The van der Waals surface area contributed by atoms with E-state index in [2.05, 4.69) is 31.5 Å². The van der Waals surface area contributed by atoms with Gasteiger partial charge in [-0.3, -0.25) is 14.2 Å². The topological polar surface area (TPSA) is 76.0 Å². The van der Waals surface area contributed by atoms with Crippen molar-refractivity contribution in [3.05, 3.63) is 41.1 Å². The molecule has 0 atom stereocenters. The van der Waals surface area contributed by atoms with Gasteiger partial charge in [-0.05, 0) is 37.1 Å². The van der Waals surface area contributed by atoms with Gasteiger partial charge in [-0.1, -0.05) is 27.7 Å². The van der Waals surface area contributed by atoms with Gasteiger partial charge in [-0.2, -0.15) is 0 Å². The number of nitrogens with one attached hydrogen (secondary N) is 2. The van der Waals surface area contributed by atoms with Crippen molar-refractivity contribution in [2.24, 2.45) is 0 Å². The number of carbonyl (C=O) groups excluding carboxylic acids is 2. The van der Waals surface area contributed by atoms with Crippen molar-refractivity contribution < 1.29 is 9.59 Å². The highest BCUT2D eigenvalue weighted by Crippen LogP contribution is 2.21. The van der Waals surface area contributed by atoms with Gasteiger partial charge in [0, 0.05) is 28.6 Å². The van der Waals surface area contributed by atoms with E-state index in [9.17, 15) is 9.59 Å². The van der Waals surface area contributed by atoms with Gasteiger partial charge in [-0.25, -0.2) is 4.98 Å². The van der Waals surface area contributed by atoms with E-state index in [4.69, 9.17) is 0 Å². The first-order chi connectivity index (χ1) is 11.6. The molecule has 1 aromatic carbocycles. The number of aromatic nitrogens is 2. The standard InChI is InChI=1S/C16H17BrN4O2S/c17-11-1-5-13(6-2-11)21-8-7-18-16(21)24-10-15(23)19-9-14(22)20-12-3-4-12/h1-2,5-8,12H,3-4,9-10H2,(H,19,23)(H,20,22). The molecule has 1 saturated carbocycles. The van der Waals surface area contributed by atoms with Crippen LogP contribution in [0.4, 0.5) is 0 Å². The first-order valence-electron chi connectivity index (χ1n) is 7.60. The van der Waals surface area contributed by atoms with Gasteiger partial charge in [0.1, 0.15) is 0 Å². The second kappa shape index (κ2) is 7.85. The summed E-state index contributed by atoms with van der Waals surface area (Å²) in [5, 5.41) is 6.19. The Bertz CT molecular complexity index is 728. The fourth-order valence-electron chi connectivity index (χ4n) is 2.06. The molecule has 1 aliphatic rings. The second-order valence-electron chi connectivity index (χ2n) is 5.46. The van der Waals surface area contributed by atoms with E-state index < -0.39 is 0 Å². The third kappa shape index (κ3) is 4.85.